The van der Waals surface area contributed by atoms with Gasteiger partial charge in [0.15, 0.2) is 16.3 Å². The van der Waals surface area contributed by atoms with Crippen molar-refractivity contribution in [2.24, 2.45) is 13.0 Å². The predicted octanol–water partition coefficient (Wildman–Crippen LogP) is 1.75. The average molecular weight is 296 g/mol. The van der Waals surface area contributed by atoms with E-state index in [1.54, 1.807) is 18.8 Å². The third-order valence-electron chi connectivity index (χ3n) is 2.98. The number of hydrogen-bond donors (Lipinski definition) is 1. The van der Waals surface area contributed by atoms with Gasteiger partial charge in [-0.25, -0.2) is 9.78 Å². The van der Waals surface area contributed by atoms with E-state index in [0.717, 1.165) is 10.9 Å². The van der Waals surface area contributed by atoms with Crippen LogP contribution in [0.2, 0.25) is 0 Å². The van der Waals surface area contributed by atoms with Gasteiger partial charge >= 0.3 is 5.69 Å². The molecular formula is C13H20N4O2S. The average Bonchev–Trinajstić information content (AvgIpc) is 2.73. The lowest BCUT2D eigenvalue weighted by atomic mass is 10.3. The second kappa shape index (κ2) is 5.47. The quantitative estimate of drug-likeness (QED) is 0.872. The van der Waals surface area contributed by atoms with Crippen molar-refractivity contribution in [1.82, 2.24) is 19.1 Å². The van der Waals surface area contributed by atoms with E-state index in [2.05, 4.69) is 23.8 Å². The van der Waals surface area contributed by atoms with Crippen molar-refractivity contribution >= 4 is 22.9 Å². The van der Waals surface area contributed by atoms with Crippen molar-refractivity contribution in [3.63, 3.8) is 0 Å². The molecule has 0 unspecified atom stereocenters. The maximum Gasteiger partial charge on any atom is 0.329 e. The van der Waals surface area contributed by atoms with E-state index in [9.17, 15) is 9.59 Å². The van der Waals surface area contributed by atoms with Crippen LogP contribution in [0.5, 0.6) is 0 Å². The molecule has 0 aliphatic rings. The number of aromatic amines is 1. The van der Waals surface area contributed by atoms with E-state index in [0.29, 0.717) is 17.1 Å². The number of nitrogens with zero attached hydrogens (tertiary/aromatic N) is 3. The Bertz CT molecular complexity index is 739. The zero-order chi connectivity index (χ0) is 15.0. The Morgan fingerprint density at radius 1 is 1.25 bits per heavy atom. The molecule has 0 aliphatic heterocycles. The number of aromatic nitrogens is 4. The Kier molecular flexibility index (Phi) is 4.08. The maximum atomic E-state index is 12.1. The zero-order valence-corrected chi connectivity index (χ0v) is 13.2. The molecule has 0 aromatic carbocycles. The highest BCUT2D eigenvalue weighted by molar-refractivity contribution is 7.99. The van der Waals surface area contributed by atoms with E-state index in [1.165, 1.54) is 4.57 Å². The van der Waals surface area contributed by atoms with E-state index >= 15 is 0 Å². The van der Waals surface area contributed by atoms with Crippen molar-refractivity contribution in [2.75, 3.05) is 5.75 Å². The van der Waals surface area contributed by atoms with Gasteiger partial charge in [-0.15, -0.1) is 0 Å². The number of fused-ring (bicyclic) bond motifs is 1. The summed E-state index contributed by atoms with van der Waals surface area (Å²) >= 11 is 1.62. The number of hydrogen-bond acceptors (Lipinski definition) is 4. The molecule has 2 aromatic heterocycles. The maximum absolute atomic E-state index is 12.1. The van der Waals surface area contributed by atoms with Gasteiger partial charge in [-0.1, -0.05) is 25.6 Å². The molecule has 0 radical (unpaired) electrons. The number of imidazole rings is 1. The van der Waals surface area contributed by atoms with Crippen molar-refractivity contribution in [2.45, 2.75) is 38.9 Å². The Morgan fingerprint density at radius 3 is 2.45 bits per heavy atom. The normalized spacial score (nSPS) is 11.9. The summed E-state index contributed by atoms with van der Waals surface area (Å²) in [6, 6.07) is 0.105. The molecule has 6 nitrogen and oxygen atoms in total. The van der Waals surface area contributed by atoms with Gasteiger partial charge in [0.1, 0.15) is 0 Å². The lowest BCUT2D eigenvalue weighted by Gasteiger charge is -2.12. The summed E-state index contributed by atoms with van der Waals surface area (Å²) in [5.74, 6) is 1.45. The van der Waals surface area contributed by atoms with Gasteiger partial charge < -0.3 is 4.57 Å². The van der Waals surface area contributed by atoms with Crippen LogP contribution in [0.15, 0.2) is 14.7 Å². The SMILES string of the molecule is CC(C)CSc1nc2c(c(=O)[nH]c(=O)n2C)n1C(C)C. The molecule has 2 heterocycles. The third kappa shape index (κ3) is 2.54. The Labute approximate surface area is 121 Å². The lowest BCUT2D eigenvalue weighted by Crippen LogP contribution is -2.29. The molecule has 2 rings (SSSR count). The molecule has 0 amide bonds. The molecule has 2 aromatic rings. The van der Waals surface area contributed by atoms with Gasteiger partial charge in [0.2, 0.25) is 0 Å². The van der Waals surface area contributed by atoms with E-state index < -0.39 is 5.69 Å². The second-order valence-corrected chi connectivity index (χ2v) is 6.54. The fraction of sp³-hybridized carbons (Fsp3) is 0.615. The summed E-state index contributed by atoms with van der Waals surface area (Å²) in [7, 11) is 1.62. The van der Waals surface area contributed by atoms with Crippen LogP contribution >= 0.6 is 11.8 Å². The first-order chi connectivity index (χ1) is 9.32. The molecule has 0 spiro atoms. The minimum atomic E-state index is -0.434. The summed E-state index contributed by atoms with van der Waals surface area (Å²) in [6.45, 7) is 8.28. The molecule has 1 N–H and O–H groups in total. The fourth-order valence-electron chi connectivity index (χ4n) is 2.00. The Balaban J connectivity index is 2.73. The van der Waals surface area contributed by atoms with Crippen LogP contribution in [-0.2, 0) is 7.05 Å². The molecule has 0 bridgehead atoms. The van der Waals surface area contributed by atoms with Crippen molar-refractivity contribution in [1.29, 1.82) is 0 Å². The fourth-order valence-corrected chi connectivity index (χ4v) is 3.08. The summed E-state index contributed by atoms with van der Waals surface area (Å²) in [6.07, 6.45) is 0. The molecule has 0 saturated heterocycles. The Morgan fingerprint density at radius 2 is 1.90 bits per heavy atom. The largest absolute Gasteiger partial charge is 0.329 e. The van der Waals surface area contributed by atoms with Crippen molar-refractivity contribution in [3.8, 4) is 0 Å². The Hall–Kier alpha value is -1.50. The van der Waals surface area contributed by atoms with Crippen molar-refractivity contribution < 1.29 is 0 Å². The summed E-state index contributed by atoms with van der Waals surface area (Å²) < 4.78 is 3.29. The van der Waals surface area contributed by atoms with Gasteiger partial charge in [-0.3, -0.25) is 14.3 Å². The minimum absolute atomic E-state index is 0.105. The summed E-state index contributed by atoms with van der Waals surface area (Å²) in [5.41, 5.74) is 0.101. The molecule has 0 fully saturated rings. The number of nitrogens with one attached hydrogen (secondary N) is 1. The molecule has 0 saturated carbocycles. The van der Waals surface area contributed by atoms with Crippen molar-refractivity contribution in [3.05, 3.63) is 20.8 Å². The second-order valence-electron chi connectivity index (χ2n) is 5.55. The van der Waals surface area contributed by atoms with Crippen LogP contribution in [0.1, 0.15) is 33.7 Å². The molecule has 110 valence electrons. The van der Waals surface area contributed by atoms with Gasteiger partial charge in [-0.2, -0.15) is 0 Å². The molecule has 0 atom stereocenters. The number of thioether (sulfide) groups is 1. The lowest BCUT2D eigenvalue weighted by molar-refractivity contribution is 0.564. The van der Waals surface area contributed by atoms with Crippen LogP contribution in [0, 0.1) is 5.92 Å². The highest BCUT2D eigenvalue weighted by Crippen LogP contribution is 2.26. The first-order valence-corrected chi connectivity index (χ1v) is 7.65. The molecule has 20 heavy (non-hydrogen) atoms. The van der Waals surface area contributed by atoms with Gasteiger partial charge in [0.05, 0.1) is 0 Å². The number of aryl methyl sites for hydroxylation is 1. The number of H-pyrrole nitrogens is 1. The predicted molar refractivity (Wildman–Crippen MR) is 81.5 cm³/mol. The van der Waals surface area contributed by atoms with Crippen LogP contribution in [-0.4, -0.2) is 24.9 Å². The molecular weight excluding hydrogens is 276 g/mol. The standard InChI is InChI=1S/C13H20N4O2S/c1-7(2)6-20-13-14-10-9(17(13)8(3)4)11(18)15-12(19)16(10)5/h7-8H,6H2,1-5H3,(H,15,18,19). The van der Waals surface area contributed by atoms with Crippen LogP contribution < -0.4 is 11.2 Å². The first kappa shape index (κ1) is 14.9. The smallest absolute Gasteiger partial charge is 0.311 e. The van der Waals surface area contributed by atoms with Gasteiger partial charge in [0.25, 0.3) is 5.56 Å². The monoisotopic (exact) mass is 296 g/mol. The van der Waals surface area contributed by atoms with Crippen LogP contribution in [0.25, 0.3) is 11.2 Å². The highest BCUT2D eigenvalue weighted by Gasteiger charge is 2.19. The first-order valence-electron chi connectivity index (χ1n) is 6.67. The molecule has 7 heteroatoms. The van der Waals surface area contributed by atoms with Crippen LogP contribution in [0.4, 0.5) is 0 Å². The number of rotatable bonds is 4. The topological polar surface area (TPSA) is 72.7 Å². The molecule has 0 aliphatic carbocycles. The van der Waals surface area contributed by atoms with E-state index in [-0.39, 0.29) is 11.6 Å². The minimum Gasteiger partial charge on any atom is -0.311 e. The zero-order valence-electron chi connectivity index (χ0n) is 12.4. The highest BCUT2D eigenvalue weighted by atomic mass is 32.2. The summed E-state index contributed by atoms with van der Waals surface area (Å²) in [5, 5.41) is 0.787. The van der Waals surface area contributed by atoms with Gasteiger partial charge in [-0.05, 0) is 19.8 Å². The third-order valence-corrected chi connectivity index (χ3v) is 4.36. The van der Waals surface area contributed by atoms with Gasteiger partial charge in [0, 0.05) is 18.8 Å². The van der Waals surface area contributed by atoms with E-state index in [4.69, 9.17) is 0 Å². The summed E-state index contributed by atoms with van der Waals surface area (Å²) in [4.78, 5) is 30.6. The van der Waals surface area contributed by atoms with E-state index in [1.807, 2.05) is 18.4 Å². The van der Waals surface area contributed by atoms with Crippen LogP contribution in [0.3, 0.4) is 0 Å².